The Morgan fingerprint density at radius 3 is 0.770 bits per heavy atom. The van der Waals surface area contributed by atoms with Crippen molar-refractivity contribution in [3.8, 4) is 73.7 Å². The zero-order valence-electron chi connectivity index (χ0n) is 74.0. The number of nitrogens with zero attached hydrogens (tertiary/aromatic N) is 11. The van der Waals surface area contributed by atoms with Gasteiger partial charge in [-0.1, -0.05) is 311 Å². The monoisotopic (exact) mass is 1970 g/mol. The van der Waals surface area contributed by atoms with E-state index in [1.807, 2.05) is 36.4 Å². The zero-order valence-corrected chi connectivity index (χ0v) is 79.6. The largest absolute Gasteiger partial charge is 0.310 e. The molecule has 3 radical (unpaired) electrons. The average molecular weight is 1970 g/mol. The molecule has 1 atom stereocenters. The zero-order chi connectivity index (χ0) is 90.2. The van der Waals surface area contributed by atoms with Crippen LogP contribution < -0.4 is 9.80 Å². The minimum absolute atomic E-state index is 0. The smallest absolute Gasteiger partial charge is 0.145 e. The molecular weight excluding hydrogens is 1880 g/mol. The minimum atomic E-state index is 0. The minimum Gasteiger partial charge on any atom is -0.310 e. The number of fused-ring (bicyclic) bond motifs is 11. The summed E-state index contributed by atoms with van der Waals surface area (Å²) in [5.41, 5.74) is 28.3. The molecule has 20 aromatic carbocycles. The van der Waals surface area contributed by atoms with Gasteiger partial charge in [0.05, 0.1) is 67.8 Å². The molecule has 645 valence electrons. The van der Waals surface area contributed by atoms with Gasteiger partial charge in [-0.25, -0.2) is 15.0 Å². The van der Waals surface area contributed by atoms with Crippen LogP contribution in [0, 0.1) is 0 Å². The first-order chi connectivity index (χ1) is 66.4. The summed E-state index contributed by atoms with van der Waals surface area (Å²) in [4.78, 5) is 20.5. The number of aromatic nitrogens is 8. The van der Waals surface area contributed by atoms with E-state index in [1.54, 1.807) is 9.84 Å². The Hall–Kier alpha value is -16.0. The van der Waals surface area contributed by atoms with Crippen molar-refractivity contribution in [2.45, 2.75) is 7.43 Å². The predicted molar refractivity (Wildman–Crippen MR) is 581 cm³/mol. The van der Waals surface area contributed by atoms with E-state index >= 15 is 0 Å². The van der Waals surface area contributed by atoms with Crippen molar-refractivity contribution in [3.05, 3.63) is 497 Å². The van der Waals surface area contributed by atoms with Crippen LogP contribution in [-0.2, 0) is 0 Å². The predicted octanol–water partition coefficient (Wildman–Crippen LogP) is 31.4. The molecule has 0 aliphatic carbocycles. The van der Waals surface area contributed by atoms with Crippen LogP contribution >= 0.6 is 18.9 Å². The maximum atomic E-state index is 5.67. The fourth-order valence-corrected chi connectivity index (χ4v) is 18.8. The molecule has 0 aliphatic heterocycles. The van der Waals surface area contributed by atoms with Crippen molar-refractivity contribution >= 4 is 185 Å². The second-order valence-electron chi connectivity index (χ2n) is 32.4. The number of para-hydroxylation sites is 15. The third-order valence-electron chi connectivity index (χ3n) is 24.6. The van der Waals surface area contributed by atoms with Gasteiger partial charge in [-0.15, -0.1) is 0 Å². The summed E-state index contributed by atoms with van der Waals surface area (Å²) in [5.74, 6) is 2.53. The Balaban J connectivity index is 0.000000130. The molecule has 0 aliphatic rings. The van der Waals surface area contributed by atoms with Crippen molar-refractivity contribution in [1.82, 2.24) is 37.8 Å². The molecule has 0 bridgehead atoms. The van der Waals surface area contributed by atoms with Crippen molar-refractivity contribution in [2.75, 3.05) is 9.80 Å². The van der Waals surface area contributed by atoms with Gasteiger partial charge < -0.3 is 23.6 Å². The van der Waals surface area contributed by atoms with Gasteiger partial charge in [0.1, 0.15) is 17.5 Å². The van der Waals surface area contributed by atoms with Crippen LogP contribution in [-0.4, -0.2) is 73.3 Å². The topological polar surface area (TPSA) is 82.2 Å². The van der Waals surface area contributed by atoms with Gasteiger partial charge in [0.15, 0.2) is 0 Å². The molecule has 25 rings (SSSR count). The first-order valence-electron chi connectivity index (χ1n) is 44.8. The number of anilines is 6. The van der Waals surface area contributed by atoms with E-state index in [0.29, 0.717) is 0 Å². The molecular formula is C120H92BBiN11P2. The SMILES string of the molecule is C.[3H]P.[B]N=P.[BiH2].c1cc(-n2c3ccccc3c3ccccc32)cc(-n2c3ccccc3c3ccccc32)c1.c1ccc(-n2c(-c3cc(-c4nc5ccccc5n4-c4ccccc4)cc(-c4nc5ccccc5n4-c4ccccc4)c3)nc3ccccc32)cc1.c1ccc(N(c2ccc(-c3ccc(N(c4ccccc4)c4cccc5ccccc45)cc3)cc2)c2cccc3ccccc23)cc1. The van der Waals surface area contributed by atoms with Crippen LogP contribution in [0.15, 0.2) is 502 Å². The van der Waals surface area contributed by atoms with E-state index < -0.39 is 0 Å². The molecule has 1 unspecified atom stereocenters. The Morgan fingerprint density at radius 1 is 0.230 bits per heavy atom. The molecule has 0 saturated carbocycles. The van der Waals surface area contributed by atoms with E-state index in [4.69, 9.17) is 16.2 Å². The summed E-state index contributed by atoms with van der Waals surface area (Å²) >= 11 is 0. The third kappa shape index (κ3) is 17.1. The number of hydrogen-bond donors (Lipinski definition) is 0. The maximum absolute atomic E-state index is 5.67. The summed E-state index contributed by atoms with van der Waals surface area (Å²) in [5, 5.41) is 10.0. The van der Waals surface area contributed by atoms with Crippen LogP contribution in [0.1, 0.15) is 7.43 Å². The van der Waals surface area contributed by atoms with Crippen molar-refractivity contribution in [3.63, 3.8) is 0 Å². The average Bonchev–Trinajstić information content (AvgIpc) is 1.65. The van der Waals surface area contributed by atoms with Crippen LogP contribution in [0.5, 0.6) is 0 Å². The Bertz CT molecular complexity index is 7790. The summed E-state index contributed by atoms with van der Waals surface area (Å²) in [7, 11) is 8.64. The van der Waals surface area contributed by atoms with Gasteiger partial charge in [-0.3, -0.25) is 13.7 Å². The first kappa shape index (κ1) is 87.0. The van der Waals surface area contributed by atoms with E-state index in [2.05, 4.69) is 515 Å². The molecule has 25 aromatic rings. The number of rotatable bonds is 15. The molecule has 15 heteroatoms. The van der Waals surface area contributed by atoms with Gasteiger partial charge in [0.25, 0.3) is 7.98 Å². The molecule has 135 heavy (non-hydrogen) atoms. The molecule has 0 fully saturated rings. The molecule has 11 nitrogen and oxygen atoms in total. The Labute approximate surface area is 811 Å². The number of benzene rings is 20. The van der Waals surface area contributed by atoms with E-state index in [0.717, 1.165) is 118 Å². The van der Waals surface area contributed by atoms with Crippen molar-refractivity contribution < 1.29 is 0 Å². The standard InChI is InChI=1S/C45H30N6.C44H32N2.C30H20N2.CH4.BHNP.Bi.H3P.2H/c1-4-16-34(17-5-1)49-40-25-13-10-22-37(40)46-43(49)31-28-32(44-47-38-23-11-14-26-41(38)50(44)35-18-6-2-7-19-35)30-33(29-31)45-48-39-24-12-15-27-42(39)51(45)36-20-8-3-9-21-36;1-3-17-37(18-4-1)45(43-23-11-15-35-13-7-9-21-41(35)43)39-29-25-33(26-30-39)34-27-31-40(32-28-34)46(38-19-5-2-6-20-38)44-24-12-16-36-14-8-10-22-42(36)44;1-5-16-27-23(12-1)24-13-2-6-17-28(24)31(27)21-10-9-11-22(20-21)32-29-18-7-3-14-25(29)26-15-4-8-19-30(26)32;;1-2-3;;;;/h1-30H;1-32H;1-20H;1H4;3H;;1H3;;/i;;;;;;1T;;. The maximum Gasteiger partial charge on any atom is 0.145 e. The summed E-state index contributed by atoms with van der Waals surface area (Å²) in [6.45, 7) is 0. The fraction of sp³-hybridized carbons (Fsp3) is 0.00833. The molecule has 5 heterocycles. The molecule has 0 saturated heterocycles. The number of imidazole rings is 3. The number of hydrogen-bond acceptors (Lipinski definition) is 6. The van der Waals surface area contributed by atoms with Crippen LogP contribution in [0.2, 0.25) is 0 Å². The fourth-order valence-electron chi connectivity index (χ4n) is 18.8. The van der Waals surface area contributed by atoms with Gasteiger partial charge in [0, 0.05) is 100 Å². The summed E-state index contributed by atoms with van der Waals surface area (Å²) in [6, 6.07) is 176. The Kier molecular flexibility index (Phi) is 25.5. The van der Waals surface area contributed by atoms with E-state index in [9.17, 15) is 0 Å². The first-order valence-corrected chi connectivity index (χ1v) is 44.7. The van der Waals surface area contributed by atoms with Crippen molar-refractivity contribution in [1.29, 1.82) is 1.28 Å². The van der Waals surface area contributed by atoms with Gasteiger partial charge in [0.2, 0.25) is 0 Å². The summed E-state index contributed by atoms with van der Waals surface area (Å²) < 4.78 is 20.0. The normalized spacial score (nSPS) is 11.0. The molecule has 0 N–H and O–H groups in total. The van der Waals surface area contributed by atoms with E-state index in [-0.39, 0.29) is 33.6 Å². The molecule has 5 aromatic heterocycles. The van der Waals surface area contributed by atoms with Crippen molar-refractivity contribution in [2.24, 2.45) is 4.66 Å². The Morgan fingerprint density at radius 2 is 0.459 bits per heavy atom. The van der Waals surface area contributed by atoms with Gasteiger partial charge >= 0.3 is 26.2 Å². The van der Waals surface area contributed by atoms with Crippen LogP contribution in [0.4, 0.5) is 34.1 Å². The quantitative estimate of drug-likeness (QED) is 0.0754. The molecule has 0 spiro atoms. The third-order valence-corrected chi connectivity index (χ3v) is 24.6. The van der Waals surface area contributed by atoms with E-state index in [1.165, 1.54) is 87.7 Å². The summed E-state index contributed by atoms with van der Waals surface area (Å²) in [6.07, 6.45) is 0. The second kappa shape index (κ2) is 39.6. The van der Waals surface area contributed by atoms with Crippen LogP contribution in [0.3, 0.4) is 0 Å². The van der Waals surface area contributed by atoms with Gasteiger partial charge in [-0.05, 0) is 225 Å². The molecule has 0 amide bonds. The second-order valence-corrected chi connectivity index (χ2v) is 32.7. The van der Waals surface area contributed by atoms with Crippen LogP contribution in [0.25, 0.3) is 172 Å². The van der Waals surface area contributed by atoms with Gasteiger partial charge in [-0.2, -0.15) is 9.84 Å².